The summed E-state index contributed by atoms with van der Waals surface area (Å²) in [6.07, 6.45) is 6.51. The second-order valence-electron chi connectivity index (χ2n) is 3.87. The number of nitrogens with zero attached hydrogens (tertiary/aromatic N) is 1. The number of hydrogen-bond acceptors (Lipinski definition) is 2. The lowest BCUT2D eigenvalue weighted by atomic mass is 10.2. The van der Waals surface area contributed by atoms with Crippen molar-refractivity contribution in [1.82, 2.24) is 4.57 Å². The molecule has 1 aromatic rings. The van der Waals surface area contributed by atoms with Gasteiger partial charge in [0.15, 0.2) is 0 Å². The molecule has 0 atom stereocenters. The van der Waals surface area contributed by atoms with Crippen LogP contribution in [0.1, 0.15) is 31.7 Å². The fourth-order valence-corrected chi connectivity index (χ4v) is 2.63. The van der Waals surface area contributed by atoms with Gasteiger partial charge in [-0.05, 0) is 28.8 Å². The molecular formula is C11H14BrNO2. The minimum Gasteiger partial charge on any atom is -0.495 e. The van der Waals surface area contributed by atoms with E-state index in [1.165, 1.54) is 12.8 Å². The van der Waals surface area contributed by atoms with E-state index in [1.807, 2.05) is 10.8 Å². The molecule has 0 radical (unpaired) electrons. The molecular weight excluding hydrogens is 258 g/mol. The van der Waals surface area contributed by atoms with Gasteiger partial charge in [-0.15, -0.1) is 0 Å². The molecule has 0 N–H and O–H groups in total. The van der Waals surface area contributed by atoms with E-state index in [9.17, 15) is 4.79 Å². The lowest BCUT2D eigenvalue weighted by Crippen LogP contribution is -2.22. The van der Waals surface area contributed by atoms with Crippen molar-refractivity contribution in [3.8, 4) is 5.75 Å². The van der Waals surface area contributed by atoms with Gasteiger partial charge < -0.3 is 9.30 Å². The Labute approximate surface area is 97.2 Å². The summed E-state index contributed by atoms with van der Waals surface area (Å²) >= 11 is 3.40. The van der Waals surface area contributed by atoms with Gasteiger partial charge in [-0.3, -0.25) is 4.79 Å². The van der Waals surface area contributed by atoms with Crippen LogP contribution in [0.2, 0.25) is 0 Å². The summed E-state index contributed by atoms with van der Waals surface area (Å²) in [5, 5.41) is 0. The van der Waals surface area contributed by atoms with Crippen molar-refractivity contribution in [2.45, 2.75) is 31.7 Å². The SMILES string of the molecule is COc1cc(=O)n(C2CCCC2)cc1Br. The molecule has 82 valence electrons. The van der Waals surface area contributed by atoms with Gasteiger partial charge in [0.05, 0.1) is 11.6 Å². The first kappa shape index (κ1) is 10.7. The van der Waals surface area contributed by atoms with Gasteiger partial charge in [0, 0.05) is 18.3 Å². The highest BCUT2D eigenvalue weighted by Crippen LogP contribution is 2.30. The minimum absolute atomic E-state index is 0.0296. The largest absolute Gasteiger partial charge is 0.495 e. The average Bonchev–Trinajstić information content (AvgIpc) is 2.74. The van der Waals surface area contributed by atoms with Crippen LogP contribution >= 0.6 is 15.9 Å². The summed E-state index contributed by atoms with van der Waals surface area (Å²) in [4.78, 5) is 11.8. The lowest BCUT2D eigenvalue weighted by molar-refractivity contribution is 0.405. The lowest BCUT2D eigenvalue weighted by Gasteiger charge is -2.14. The van der Waals surface area contributed by atoms with E-state index in [-0.39, 0.29) is 5.56 Å². The molecule has 0 unspecified atom stereocenters. The molecule has 1 heterocycles. The van der Waals surface area contributed by atoms with Gasteiger partial charge in [-0.1, -0.05) is 12.8 Å². The standard InChI is InChI=1S/C11H14BrNO2/c1-15-10-6-11(14)13(7-9(10)12)8-4-2-3-5-8/h6-8H,2-5H2,1H3. The van der Waals surface area contributed by atoms with Crippen LogP contribution in [-0.2, 0) is 0 Å². The Bertz CT molecular complexity index is 408. The van der Waals surface area contributed by atoms with Gasteiger partial charge in [0.1, 0.15) is 5.75 Å². The third-order valence-electron chi connectivity index (χ3n) is 2.93. The van der Waals surface area contributed by atoms with Gasteiger partial charge in [0.25, 0.3) is 5.56 Å². The highest BCUT2D eigenvalue weighted by atomic mass is 79.9. The van der Waals surface area contributed by atoms with E-state index in [2.05, 4.69) is 15.9 Å². The van der Waals surface area contributed by atoms with Crippen molar-refractivity contribution >= 4 is 15.9 Å². The second kappa shape index (κ2) is 4.39. The molecule has 3 nitrogen and oxygen atoms in total. The predicted molar refractivity (Wildman–Crippen MR) is 62.5 cm³/mol. The van der Waals surface area contributed by atoms with E-state index in [1.54, 1.807) is 13.2 Å². The summed E-state index contributed by atoms with van der Waals surface area (Å²) in [6.45, 7) is 0. The number of aromatic nitrogens is 1. The number of halogens is 1. The zero-order chi connectivity index (χ0) is 10.8. The van der Waals surface area contributed by atoms with Crippen molar-refractivity contribution in [3.63, 3.8) is 0 Å². The average molecular weight is 272 g/mol. The normalized spacial score (nSPS) is 16.9. The molecule has 2 rings (SSSR count). The molecule has 0 aromatic carbocycles. The molecule has 0 spiro atoms. The Kier molecular flexibility index (Phi) is 3.14. The van der Waals surface area contributed by atoms with Crippen molar-refractivity contribution in [2.24, 2.45) is 0 Å². The maximum absolute atomic E-state index is 11.8. The van der Waals surface area contributed by atoms with Crippen molar-refractivity contribution in [2.75, 3.05) is 7.11 Å². The van der Waals surface area contributed by atoms with Gasteiger partial charge in [-0.25, -0.2) is 0 Å². The fourth-order valence-electron chi connectivity index (χ4n) is 2.13. The Morgan fingerprint density at radius 1 is 1.47 bits per heavy atom. The van der Waals surface area contributed by atoms with E-state index in [0.29, 0.717) is 11.8 Å². The zero-order valence-corrected chi connectivity index (χ0v) is 10.3. The molecule has 0 bridgehead atoms. The summed E-state index contributed by atoms with van der Waals surface area (Å²) in [5.41, 5.74) is 0.0296. The Morgan fingerprint density at radius 3 is 2.73 bits per heavy atom. The number of methoxy groups -OCH3 is 1. The van der Waals surface area contributed by atoms with Crippen molar-refractivity contribution in [1.29, 1.82) is 0 Å². The van der Waals surface area contributed by atoms with E-state index >= 15 is 0 Å². The highest BCUT2D eigenvalue weighted by molar-refractivity contribution is 9.10. The summed E-state index contributed by atoms with van der Waals surface area (Å²) in [7, 11) is 1.57. The van der Waals surface area contributed by atoms with Crippen LogP contribution in [0.5, 0.6) is 5.75 Å². The molecule has 1 saturated carbocycles. The topological polar surface area (TPSA) is 31.2 Å². The van der Waals surface area contributed by atoms with Gasteiger partial charge in [-0.2, -0.15) is 0 Å². The predicted octanol–water partition coefficient (Wildman–Crippen LogP) is 2.73. The van der Waals surface area contributed by atoms with Gasteiger partial charge >= 0.3 is 0 Å². The molecule has 1 aliphatic rings. The molecule has 4 heteroatoms. The molecule has 0 saturated heterocycles. The second-order valence-corrected chi connectivity index (χ2v) is 4.73. The first-order chi connectivity index (χ1) is 7.22. The van der Waals surface area contributed by atoms with Crippen LogP contribution in [0.25, 0.3) is 0 Å². The molecule has 1 aliphatic carbocycles. The van der Waals surface area contributed by atoms with Crippen LogP contribution in [0, 0.1) is 0 Å². The first-order valence-corrected chi connectivity index (χ1v) is 5.97. The summed E-state index contributed by atoms with van der Waals surface area (Å²) in [6, 6.07) is 1.92. The third-order valence-corrected chi connectivity index (χ3v) is 3.53. The maximum atomic E-state index is 11.8. The molecule has 1 fully saturated rings. The molecule has 1 aromatic heterocycles. The summed E-state index contributed by atoms with van der Waals surface area (Å²) in [5.74, 6) is 0.606. The fraction of sp³-hybridized carbons (Fsp3) is 0.545. The molecule has 15 heavy (non-hydrogen) atoms. The quantitative estimate of drug-likeness (QED) is 0.828. The maximum Gasteiger partial charge on any atom is 0.254 e. The smallest absolute Gasteiger partial charge is 0.254 e. The Morgan fingerprint density at radius 2 is 2.13 bits per heavy atom. The monoisotopic (exact) mass is 271 g/mol. The Hall–Kier alpha value is -0.770. The van der Waals surface area contributed by atoms with Crippen LogP contribution < -0.4 is 10.3 Å². The van der Waals surface area contributed by atoms with E-state index in [4.69, 9.17) is 4.74 Å². The first-order valence-electron chi connectivity index (χ1n) is 5.18. The van der Waals surface area contributed by atoms with Crippen LogP contribution in [0.15, 0.2) is 21.5 Å². The van der Waals surface area contributed by atoms with Crippen molar-refractivity contribution < 1.29 is 4.74 Å². The number of pyridine rings is 1. The van der Waals surface area contributed by atoms with Crippen LogP contribution in [0.4, 0.5) is 0 Å². The highest BCUT2D eigenvalue weighted by Gasteiger charge is 2.18. The van der Waals surface area contributed by atoms with E-state index < -0.39 is 0 Å². The van der Waals surface area contributed by atoms with Crippen molar-refractivity contribution in [3.05, 3.63) is 27.1 Å². The van der Waals surface area contributed by atoms with Crippen LogP contribution in [-0.4, -0.2) is 11.7 Å². The van der Waals surface area contributed by atoms with Crippen LogP contribution in [0.3, 0.4) is 0 Å². The minimum atomic E-state index is 0.0296. The molecule has 0 aliphatic heterocycles. The third kappa shape index (κ3) is 2.09. The van der Waals surface area contributed by atoms with E-state index in [0.717, 1.165) is 17.3 Å². The number of ether oxygens (including phenoxy) is 1. The number of rotatable bonds is 2. The molecule has 0 amide bonds. The Balaban J connectivity index is 2.40. The zero-order valence-electron chi connectivity index (χ0n) is 8.70. The van der Waals surface area contributed by atoms with Gasteiger partial charge in [0.2, 0.25) is 0 Å². The number of hydrogen-bond donors (Lipinski definition) is 0. The summed E-state index contributed by atoms with van der Waals surface area (Å²) < 4.78 is 7.75.